The second-order valence-corrected chi connectivity index (χ2v) is 4.28. The summed E-state index contributed by atoms with van der Waals surface area (Å²) in [5, 5.41) is 5.83. The lowest BCUT2D eigenvalue weighted by atomic mass is 10.2. The van der Waals surface area contributed by atoms with Gasteiger partial charge >= 0.3 is 0 Å². The van der Waals surface area contributed by atoms with Crippen LogP contribution in [0.25, 0.3) is 0 Å². The highest BCUT2D eigenvalue weighted by atomic mass is 19.1. The molecule has 0 aliphatic rings. The molecule has 1 rings (SSSR count). The van der Waals surface area contributed by atoms with Gasteiger partial charge in [-0.2, -0.15) is 4.98 Å². The molecular weight excluding hydrogens is 221 g/mol. The van der Waals surface area contributed by atoms with E-state index in [1.807, 2.05) is 21.0 Å². The third-order valence-electron chi connectivity index (χ3n) is 2.36. The van der Waals surface area contributed by atoms with Crippen molar-refractivity contribution in [2.24, 2.45) is 0 Å². The van der Waals surface area contributed by atoms with E-state index in [1.54, 1.807) is 7.05 Å². The molecule has 0 radical (unpaired) electrons. The zero-order valence-corrected chi connectivity index (χ0v) is 10.8. The van der Waals surface area contributed by atoms with Gasteiger partial charge in [-0.1, -0.05) is 0 Å². The Labute approximate surface area is 101 Å². The maximum absolute atomic E-state index is 13.4. The van der Waals surface area contributed by atoms with Crippen LogP contribution in [0.2, 0.25) is 0 Å². The minimum absolute atomic E-state index is 0.159. The number of rotatable bonds is 6. The summed E-state index contributed by atoms with van der Waals surface area (Å²) in [7, 11) is 5.72. The van der Waals surface area contributed by atoms with Gasteiger partial charge in [0.05, 0.1) is 6.20 Å². The van der Waals surface area contributed by atoms with Crippen molar-refractivity contribution in [2.45, 2.75) is 19.4 Å². The van der Waals surface area contributed by atoms with Crippen molar-refractivity contribution in [3.8, 4) is 0 Å². The average Bonchev–Trinajstić information content (AvgIpc) is 2.29. The molecule has 1 aromatic heterocycles. The highest BCUT2D eigenvalue weighted by molar-refractivity contribution is 5.41. The molecule has 1 aromatic rings. The number of nitrogens with zero attached hydrogens (tertiary/aromatic N) is 3. The average molecular weight is 241 g/mol. The molecule has 2 N–H and O–H groups in total. The van der Waals surface area contributed by atoms with E-state index in [-0.39, 0.29) is 11.9 Å². The van der Waals surface area contributed by atoms with Gasteiger partial charge < -0.3 is 15.5 Å². The van der Waals surface area contributed by atoms with Crippen molar-refractivity contribution in [1.82, 2.24) is 14.9 Å². The quantitative estimate of drug-likeness (QED) is 0.788. The number of halogens is 1. The van der Waals surface area contributed by atoms with Crippen LogP contribution in [-0.2, 0) is 0 Å². The van der Waals surface area contributed by atoms with E-state index in [9.17, 15) is 4.39 Å². The molecule has 0 amide bonds. The summed E-state index contributed by atoms with van der Waals surface area (Å²) < 4.78 is 13.4. The molecule has 0 spiro atoms. The van der Waals surface area contributed by atoms with Gasteiger partial charge in [0.1, 0.15) is 0 Å². The van der Waals surface area contributed by atoms with E-state index in [4.69, 9.17) is 0 Å². The molecule has 0 aliphatic heterocycles. The fraction of sp³-hybridized carbons (Fsp3) is 0.636. The first-order valence-electron chi connectivity index (χ1n) is 5.64. The normalized spacial score (nSPS) is 12.6. The lowest BCUT2D eigenvalue weighted by molar-refractivity contribution is 0.390. The molecule has 0 fully saturated rings. The highest BCUT2D eigenvalue weighted by Crippen LogP contribution is 2.13. The summed E-state index contributed by atoms with van der Waals surface area (Å²) >= 11 is 0. The molecule has 1 atom stereocenters. The van der Waals surface area contributed by atoms with Crippen LogP contribution < -0.4 is 10.6 Å². The monoisotopic (exact) mass is 241 g/mol. The third-order valence-corrected chi connectivity index (χ3v) is 2.36. The summed E-state index contributed by atoms with van der Waals surface area (Å²) in [6.45, 7) is 2.95. The SMILES string of the molecule is CNc1ncc(F)c(NC(C)CCN(C)C)n1. The zero-order valence-electron chi connectivity index (χ0n) is 10.8. The second-order valence-electron chi connectivity index (χ2n) is 4.28. The maximum atomic E-state index is 13.4. The Balaban J connectivity index is 2.60. The number of nitrogens with one attached hydrogen (secondary N) is 2. The lowest BCUT2D eigenvalue weighted by Gasteiger charge is -2.17. The van der Waals surface area contributed by atoms with Crippen LogP contribution >= 0.6 is 0 Å². The van der Waals surface area contributed by atoms with Crippen molar-refractivity contribution < 1.29 is 4.39 Å². The minimum atomic E-state index is -0.430. The van der Waals surface area contributed by atoms with E-state index >= 15 is 0 Å². The fourth-order valence-electron chi connectivity index (χ4n) is 1.35. The first-order chi connectivity index (χ1) is 8.02. The Kier molecular flexibility index (Phi) is 5.09. The van der Waals surface area contributed by atoms with E-state index < -0.39 is 5.82 Å². The van der Waals surface area contributed by atoms with Crippen LogP contribution in [0.3, 0.4) is 0 Å². The molecule has 1 unspecified atom stereocenters. The molecule has 0 aliphatic carbocycles. The molecule has 0 aromatic carbocycles. The standard InChI is InChI=1S/C11H20FN5/c1-8(5-6-17(3)4)15-10-9(12)7-14-11(13-2)16-10/h7-8H,5-6H2,1-4H3,(H2,13,14,15,16). The number of hydrogen-bond acceptors (Lipinski definition) is 5. The first kappa shape index (κ1) is 13.6. The van der Waals surface area contributed by atoms with Gasteiger partial charge in [0.25, 0.3) is 0 Å². The molecular formula is C11H20FN5. The van der Waals surface area contributed by atoms with Crippen molar-refractivity contribution >= 4 is 11.8 Å². The molecule has 0 saturated heterocycles. The smallest absolute Gasteiger partial charge is 0.224 e. The lowest BCUT2D eigenvalue weighted by Crippen LogP contribution is -2.24. The summed E-state index contributed by atoms with van der Waals surface area (Å²) in [5.41, 5.74) is 0. The van der Waals surface area contributed by atoms with Crippen LogP contribution in [0.1, 0.15) is 13.3 Å². The molecule has 0 saturated carbocycles. The van der Waals surface area contributed by atoms with Crippen molar-refractivity contribution in [3.05, 3.63) is 12.0 Å². The van der Waals surface area contributed by atoms with E-state index in [0.29, 0.717) is 5.95 Å². The highest BCUT2D eigenvalue weighted by Gasteiger charge is 2.09. The predicted molar refractivity (Wildman–Crippen MR) is 67.8 cm³/mol. The van der Waals surface area contributed by atoms with Crippen LogP contribution in [0, 0.1) is 5.82 Å². The van der Waals surface area contributed by atoms with Crippen LogP contribution in [0.5, 0.6) is 0 Å². The maximum Gasteiger partial charge on any atom is 0.224 e. The molecule has 0 bridgehead atoms. The number of aromatic nitrogens is 2. The van der Waals surface area contributed by atoms with Gasteiger partial charge in [-0.25, -0.2) is 9.37 Å². The summed E-state index contributed by atoms with van der Waals surface area (Å²) in [6.07, 6.45) is 2.09. The van der Waals surface area contributed by atoms with Crippen molar-refractivity contribution in [3.63, 3.8) is 0 Å². The van der Waals surface area contributed by atoms with Gasteiger partial charge in [0.15, 0.2) is 11.6 Å². The Morgan fingerprint density at radius 3 is 2.76 bits per heavy atom. The second kappa shape index (κ2) is 6.34. The summed E-state index contributed by atoms with van der Waals surface area (Å²) in [5.74, 6) is 0.227. The molecule has 5 nitrogen and oxygen atoms in total. The first-order valence-corrected chi connectivity index (χ1v) is 5.64. The van der Waals surface area contributed by atoms with Gasteiger partial charge in [-0.15, -0.1) is 0 Å². The summed E-state index contributed by atoms with van der Waals surface area (Å²) in [4.78, 5) is 9.92. The van der Waals surface area contributed by atoms with Crippen LogP contribution in [-0.4, -0.2) is 48.6 Å². The Morgan fingerprint density at radius 2 is 2.18 bits per heavy atom. The number of anilines is 2. The fourth-order valence-corrected chi connectivity index (χ4v) is 1.35. The van der Waals surface area contributed by atoms with Crippen molar-refractivity contribution in [2.75, 3.05) is 38.3 Å². The van der Waals surface area contributed by atoms with Gasteiger partial charge in [-0.3, -0.25) is 0 Å². The van der Waals surface area contributed by atoms with E-state index in [1.165, 1.54) is 6.20 Å². The molecule has 6 heteroatoms. The van der Waals surface area contributed by atoms with Crippen LogP contribution in [0.4, 0.5) is 16.2 Å². The van der Waals surface area contributed by atoms with Gasteiger partial charge in [-0.05, 0) is 34.0 Å². The largest absolute Gasteiger partial charge is 0.365 e. The van der Waals surface area contributed by atoms with E-state index in [0.717, 1.165) is 13.0 Å². The topological polar surface area (TPSA) is 53.1 Å². The Hall–Kier alpha value is -1.43. The molecule has 17 heavy (non-hydrogen) atoms. The van der Waals surface area contributed by atoms with E-state index in [2.05, 4.69) is 25.5 Å². The number of hydrogen-bond donors (Lipinski definition) is 2. The summed E-state index contributed by atoms with van der Waals surface area (Å²) in [6, 6.07) is 0.159. The zero-order chi connectivity index (χ0) is 12.8. The minimum Gasteiger partial charge on any atom is -0.365 e. The molecule has 1 heterocycles. The van der Waals surface area contributed by atoms with Crippen molar-refractivity contribution in [1.29, 1.82) is 0 Å². The van der Waals surface area contributed by atoms with Gasteiger partial charge in [0, 0.05) is 13.1 Å². The Bertz CT molecular complexity index is 356. The Morgan fingerprint density at radius 1 is 1.47 bits per heavy atom. The predicted octanol–water partition coefficient (Wildman–Crippen LogP) is 1.41. The third kappa shape index (κ3) is 4.52. The van der Waals surface area contributed by atoms with Gasteiger partial charge in [0.2, 0.25) is 5.95 Å². The van der Waals surface area contributed by atoms with Crippen LogP contribution in [0.15, 0.2) is 6.20 Å². The molecule has 96 valence electrons.